The fourth-order valence-corrected chi connectivity index (χ4v) is 3.23. The fraction of sp³-hybridized carbons (Fsp3) is 0.238. The summed E-state index contributed by atoms with van der Waals surface area (Å²) in [7, 11) is 1.83. The minimum absolute atomic E-state index is 0.121. The predicted octanol–water partition coefficient (Wildman–Crippen LogP) is 3.04. The van der Waals surface area contributed by atoms with Gasteiger partial charge in [0.1, 0.15) is 5.69 Å². The number of nitrogens with one attached hydrogen (secondary N) is 1. The van der Waals surface area contributed by atoms with Gasteiger partial charge in [0.05, 0.1) is 11.4 Å². The number of imidazole rings is 1. The number of rotatable bonds is 6. The van der Waals surface area contributed by atoms with E-state index in [0.29, 0.717) is 24.5 Å². The van der Waals surface area contributed by atoms with Crippen LogP contribution in [-0.4, -0.2) is 28.5 Å². The first kappa shape index (κ1) is 17.9. The quantitative estimate of drug-likeness (QED) is 0.696. The number of carbonyl (C=O) groups is 1. The lowest BCUT2D eigenvalue weighted by molar-refractivity contribution is 0.100. The van der Waals surface area contributed by atoms with Crippen LogP contribution in [0.1, 0.15) is 23.0 Å². The Morgan fingerprint density at radius 1 is 1.04 bits per heavy atom. The molecule has 3 aromatic rings. The topological polar surface area (TPSA) is 56.0 Å². The van der Waals surface area contributed by atoms with Gasteiger partial charge in [-0.3, -0.25) is 13.9 Å². The monoisotopic (exact) mass is 349 g/mol. The largest absolute Gasteiger partial charge is 0.333 e. The number of carbonyl (C=O) groups excluding carboxylic acids is 1. The SMILES string of the molecule is CNCCn1c(C(C)=O)c(-c2ccccc2)n(-c2ccccc2C)c1=O. The summed E-state index contributed by atoms with van der Waals surface area (Å²) in [6.45, 7) is 4.52. The van der Waals surface area contributed by atoms with E-state index in [9.17, 15) is 9.59 Å². The van der Waals surface area contributed by atoms with Gasteiger partial charge in [0.25, 0.3) is 0 Å². The molecule has 0 aliphatic rings. The molecule has 0 saturated heterocycles. The zero-order chi connectivity index (χ0) is 18.7. The smallest absolute Gasteiger partial charge is 0.318 e. The molecule has 0 radical (unpaired) electrons. The van der Waals surface area contributed by atoms with Crippen molar-refractivity contribution in [2.24, 2.45) is 0 Å². The number of aromatic nitrogens is 2. The molecule has 0 fully saturated rings. The molecule has 0 spiro atoms. The average Bonchev–Trinajstić information content (AvgIpc) is 2.93. The Labute approximate surface area is 152 Å². The van der Waals surface area contributed by atoms with Crippen LogP contribution in [0.15, 0.2) is 59.4 Å². The zero-order valence-corrected chi connectivity index (χ0v) is 15.3. The highest BCUT2D eigenvalue weighted by Gasteiger charge is 2.25. The first-order valence-electron chi connectivity index (χ1n) is 8.68. The molecule has 0 aliphatic carbocycles. The summed E-state index contributed by atoms with van der Waals surface area (Å²) in [5.41, 5.74) is 3.52. The van der Waals surface area contributed by atoms with Crippen molar-refractivity contribution in [3.8, 4) is 16.9 Å². The molecule has 3 rings (SSSR count). The maximum Gasteiger partial charge on any atom is 0.333 e. The van der Waals surface area contributed by atoms with Gasteiger partial charge in [0.15, 0.2) is 5.78 Å². The van der Waals surface area contributed by atoms with E-state index in [1.165, 1.54) is 6.92 Å². The second-order valence-corrected chi connectivity index (χ2v) is 6.28. The van der Waals surface area contributed by atoms with E-state index in [4.69, 9.17) is 0 Å². The Kier molecular flexibility index (Phi) is 5.19. The molecule has 0 amide bonds. The zero-order valence-electron chi connectivity index (χ0n) is 15.3. The second kappa shape index (κ2) is 7.54. The Balaban J connectivity index is 2.41. The van der Waals surface area contributed by atoms with Gasteiger partial charge in [-0.2, -0.15) is 0 Å². The van der Waals surface area contributed by atoms with Crippen molar-refractivity contribution in [2.45, 2.75) is 20.4 Å². The van der Waals surface area contributed by atoms with E-state index >= 15 is 0 Å². The number of ketones is 1. The Bertz CT molecular complexity index is 984. The molecular formula is C21H23N3O2. The van der Waals surface area contributed by atoms with E-state index in [-0.39, 0.29) is 11.5 Å². The van der Waals surface area contributed by atoms with Crippen LogP contribution in [-0.2, 0) is 6.54 Å². The highest BCUT2D eigenvalue weighted by molar-refractivity contribution is 5.99. The molecule has 1 N–H and O–H groups in total. The van der Waals surface area contributed by atoms with Gasteiger partial charge in [-0.1, -0.05) is 48.5 Å². The molecule has 0 unspecified atom stereocenters. The summed E-state index contributed by atoms with van der Waals surface area (Å²) in [5.74, 6) is -0.121. The number of hydrogen-bond donors (Lipinski definition) is 1. The van der Waals surface area contributed by atoms with E-state index in [2.05, 4.69) is 5.32 Å². The normalized spacial score (nSPS) is 10.9. The molecule has 1 aromatic heterocycles. The van der Waals surface area contributed by atoms with Crippen molar-refractivity contribution < 1.29 is 4.79 Å². The van der Waals surface area contributed by atoms with Crippen molar-refractivity contribution in [1.82, 2.24) is 14.5 Å². The van der Waals surface area contributed by atoms with Gasteiger partial charge < -0.3 is 5.32 Å². The van der Waals surface area contributed by atoms with Crippen molar-refractivity contribution >= 4 is 5.78 Å². The number of benzene rings is 2. The van der Waals surface area contributed by atoms with E-state index in [1.807, 2.05) is 68.6 Å². The highest BCUT2D eigenvalue weighted by Crippen LogP contribution is 2.27. The minimum atomic E-state index is -0.196. The molecule has 0 aliphatic heterocycles. The summed E-state index contributed by atoms with van der Waals surface area (Å²) >= 11 is 0. The van der Waals surface area contributed by atoms with Gasteiger partial charge in [0, 0.05) is 25.6 Å². The maximum absolute atomic E-state index is 13.3. The highest BCUT2D eigenvalue weighted by atomic mass is 16.2. The summed E-state index contributed by atoms with van der Waals surface area (Å²) in [6, 6.07) is 17.3. The molecule has 134 valence electrons. The minimum Gasteiger partial charge on any atom is -0.318 e. The van der Waals surface area contributed by atoms with Crippen LogP contribution in [0, 0.1) is 6.92 Å². The number of hydrogen-bond acceptors (Lipinski definition) is 3. The summed E-state index contributed by atoms with van der Waals surface area (Å²) in [6.07, 6.45) is 0. The van der Waals surface area contributed by atoms with Crippen molar-refractivity contribution in [3.05, 3.63) is 76.3 Å². The Morgan fingerprint density at radius 2 is 1.69 bits per heavy atom. The first-order valence-corrected chi connectivity index (χ1v) is 8.68. The van der Waals surface area contributed by atoms with Gasteiger partial charge in [-0.25, -0.2) is 4.79 Å². The van der Waals surface area contributed by atoms with Gasteiger partial charge in [-0.05, 0) is 25.6 Å². The Morgan fingerprint density at radius 3 is 2.31 bits per heavy atom. The lowest BCUT2D eigenvalue weighted by atomic mass is 10.1. The number of nitrogens with zero attached hydrogens (tertiary/aromatic N) is 2. The van der Waals surface area contributed by atoms with Gasteiger partial charge in [-0.15, -0.1) is 0 Å². The predicted molar refractivity (Wildman–Crippen MR) is 104 cm³/mol. The summed E-state index contributed by atoms with van der Waals surface area (Å²) in [4.78, 5) is 25.8. The fourth-order valence-electron chi connectivity index (χ4n) is 3.23. The van der Waals surface area contributed by atoms with Crippen LogP contribution in [0.4, 0.5) is 0 Å². The number of likely N-dealkylation sites (N-methyl/N-ethyl adjacent to an activating group) is 1. The van der Waals surface area contributed by atoms with Crippen LogP contribution in [0.3, 0.4) is 0 Å². The molecular weight excluding hydrogens is 326 g/mol. The first-order chi connectivity index (χ1) is 12.6. The van der Waals surface area contributed by atoms with Crippen LogP contribution < -0.4 is 11.0 Å². The number of para-hydroxylation sites is 1. The Hall–Kier alpha value is -2.92. The molecule has 0 saturated carbocycles. The van der Waals surface area contributed by atoms with Crippen LogP contribution in [0.5, 0.6) is 0 Å². The molecule has 2 aromatic carbocycles. The van der Waals surface area contributed by atoms with E-state index < -0.39 is 0 Å². The average molecular weight is 349 g/mol. The molecule has 1 heterocycles. The van der Waals surface area contributed by atoms with Gasteiger partial charge >= 0.3 is 5.69 Å². The van der Waals surface area contributed by atoms with Crippen LogP contribution in [0.25, 0.3) is 16.9 Å². The van der Waals surface area contributed by atoms with Crippen molar-refractivity contribution in [3.63, 3.8) is 0 Å². The van der Waals surface area contributed by atoms with Crippen LogP contribution in [0.2, 0.25) is 0 Å². The second-order valence-electron chi connectivity index (χ2n) is 6.28. The standard InChI is InChI=1S/C21H23N3O2/c1-15-9-7-8-12-18(15)24-20(17-10-5-4-6-11-17)19(16(2)25)23(21(24)26)14-13-22-3/h4-12,22H,13-14H2,1-3H3. The van der Waals surface area contributed by atoms with E-state index in [1.54, 1.807) is 9.13 Å². The number of Topliss-reactive ketones (excluding diaryl/α,β-unsaturated/α-hetero) is 1. The van der Waals surface area contributed by atoms with Crippen LogP contribution >= 0.6 is 0 Å². The molecule has 0 bridgehead atoms. The molecule has 5 heteroatoms. The third kappa shape index (κ3) is 3.13. The third-order valence-electron chi connectivity index (χ3n) is 4.46. The van der Waals surface area contributed by atoms with Crippen molar-refractivity contribution in [2.75, 3.05) is 13.6 Å². The van der Waals surface area contributed by atoms with E-state index in [0.717, 1.165) is 16.8 Å². The molecule has 26 heavy (non-hydrogen) atoms. The summed E-state index contributed by atoms with van der Waals surface area (Å²) < 4.78 is 3.24. The number of aryl methyl sites for hydroxylation is 1. The molecule has 0 atom stereocenters. The maximum atomic E-state index is 13.3. The lowest BCUT2D eigenvalue weighted by Gasteiger charge is -2.11. The lowest BCUT2D eigenvalue weighted by Crippen LogP contribution is -2.29. The summed E-state index contributed by atoms with van der Waals surface area (Å²) in [5, 5.41) is 3.05. The third-order valence-corrected chi connectivity index (χ3v) is 4.46. The van der Waals surface area contributed by atoms with Gasteiger partial charge in [0.2, 0.25) is 0 Å². The van der Waals surface area contributed by atoms with Crippen molar-refractivity contribution in [1.29, 1.82) is 0 Å². The molecule has 5 nitrogen and oxygen atoms in total.